The second-order valence-electron chi connectivity index (χ2n) is 9.22. The maximum Gasteiger partial charge on any atom is 0.248 e. The second kappa shape index (κ2) is 10.4. The molecule has 8 nitrogen and oxygen atoms in total. The highest BCUT2D eigenvalue weighted by Gasteiger charge is 2.24. The molecule has 0 aromatic heterocycles. The number of carbonyl (C=O) groups excluding carboxylic acids is 1. The molecule has 1 amide bonds. The van der Waals surface area contributed by atoms with Crippen LogP contribution >= 0.6 is 0 Å². The second-order valence-corrected chi connectivity index (χ2v) is 11.2. The molecule has 1 atom stereocenters. The number of aryl methyl sites for hydroxylation is 1. The first-order chi connectivity index (χ1) is 17.1. The smallest absolute Gasteiger partial charge is 0.248 e. The van der Waals surface area contributed by atoms with Gasteiger partial charge in [-0.2, -0.15) is 4.31 Å². The molecule has 3 aromatic rings. The highest BCUT2D eigenvalue weighted by Crippen LogP contribution is 2.34. The van der Waals surface area contributed by atoms with E-state index in [1.54, 1.807) is 12.1 Å². The number of amides is 1. The molecule has 0 aliphatic carbocycles. The summed E-state index contributed by atoms with van der Waals surface area (Å²) in [6.45, 7) is 2.38. The lowest BCUT2D eigenvalue weighted by molar-refractivity contribution is 0.0953. The monoisotopic (exact) mass is 509 g/mol. The van der Waals surface area contributed by atoms with Gasteiger partial charge in [-0.05, 0) is 77.1 Å². The van der Waals surface area contributed by atoms with Gasteiger partial charge in [0.2, 0.25) is 15.9 Å². The van der Waals surface area contributed by atoms with Crippen LogP contribution in [0.25, 0.3) is 11.1 Å². The summed E-state index contributed by atoms with van der Waals surface area (Å²) in [6.07, 6.45) is 1.06. The van der Waals surface area contributed by atoms with Gasteiger partial charge in [0.25, 0.3) is 0 Å². The van der Waals surface area contributed by atoms with Gasteiger partial charge in [0.15, 0.2) is 0 Å². The van der Waals surface area contributed by atoms with E-state index in [2.05, 4.69) is 5.32 Å². The molecule has 1 unspecified atom stereocenters. The molecule has 9 heteroatoms. The zero-order chi connectivity index (χ0) is 26.0. The first-order valence-electron chi connectivity index (χ1n) is 11.7. The summed E-state index contributed by atoms with van der Waals surface area (Å²) in [4.78, 5) is 11.7. The number of aliphatic hydroxyl groups excluding tert-OH is 2. The maximum absolute atomic E-state index is 12.0. The molecule has 36 heavy (non-hydrogen) atoms. The Morgan fingerprint density at radius 3 is 2.61 bits per heavy atom. The fourth-order valence-corrected chi connectivity index (χ4v) is 5.42. The van der Waals surface area contributed by atoms with Crippen molar-refractivity contribution >= 4 is 27.3 Å². The van der Waals surface area contributed by atoms with Gasteiger partial charge < -0.3 is 21.3 Å². The van der Waals surface area contributed by atoms with Crippen LogP contribution in [0.1, 0.15) is 32.6 Å². The van der Waals surface area contributed by atoms with Crippen LogP contribution in [0.5, 0.6) is 0 Å². The van der Waals surface area contributed by atoms with Crippen molar-refractivity contribution < 1.29 is 23.4 Å². The van der Waals surface area contributed by atoms with Crippen LogP contribution in [0.4, 0.5) is 11.4 Å². The number of nitrogens with one attached hydrogen (secondary N) is 1. The van der Waals surface area contributed by atoms with Crippen LogP contribution in [-0.2, 0) is 29.4 Å². The van der Waals surface area contributed by atoms with E-state index in [1.807, 2.05) is 49.4 Å². The summed E-state index contributed by atoms with van der Waals surface area (Å²) in [7, 11) is -3.25. The molecule has 0 fully saturated rings. The fourth-order valence-electron chi connectivity index (χ4n) is 4.63. The average molecular weight is 510 g/mol. The minimum atomic E-state index is -3.25. The number of carbonyl (C=O) groups is 1. The van der Waals surface area contributed by atoms with Crippen LogP contribution in [0.15, 0.2) is 54.6 Å². The lowest BCUT2D eigenvalue weighted by atomic mass is 9.91. The summed E-state index contributed by atoms with van der Waals surface area (Å²) in [5, 5.41) is 23.0. The third-order valence-corrected chi connectivity index (χ3v) is 7.81. The molecule has 3 aromatic carbocycles. The first kappa shape index (κ1) is 25.8. The van der Waals surface area contributed by atoms with Gasteiger partial charge in [0.05, 0.1) is 19.0 Å². The number of nitrogens with zero attached hydrogens (tertiary/aromatic N) is 1. The Balaban J connectivity index is 1.69. The van der Waals surface area contributed by atoms with Crippen molar-refractivity contribution in [1.82, 2.24) is 4.31 Å². The van der Waals surface area contributed by atoms with Crippen LogP contribution in [0, 0.1) is 6.92 Å². The molecule has 0 saturated carbocycles. The topological polar surface area (TPSA) is 133 Å². The number of rotatable bonds is 8. The Kier molecular flexibility index (Phi) is 7.46. The zero-order valence-corrected chi connectivity index (χ0v) is 21.2. The molecule has 0 saturated heterocycles. The predicted octanol–water partition coefficient (Wildman–Crippen LogP) is 2.72. The molecule has 1 aliphatic rings. The van der Waals surface area contributed by atoms with Gasteiger partial charge in [-0.15, -0.1) is 0 Å². The van der Waals surface area contributed by atoms with Crippen LogP contribution < -0.4 is 11.1 Å². The van der Waals surface area contributed by atoms with Crippen molar-refractivity contribution in [2.24, 2.45) is 5.73 Å². The van der Waals surface area contributed by atoms with E-state index in [4.69, 9.17) is 5.73 Å². The van der Waals surface area contributed by atoms with E-state index in [0.717, 1.165) is 39.2 Å². The van der Waals surface area contributed by atoms with Gasteiger partial charge in [-0.25, -0.2) is 8.42 Å². The molecule has 0 radical (unpaired) electrons. The van der Waals surface area contributed by atoms with Gasteiger partial charge in [0.1, 0.15) is 0 Å². The van der Waals surface area contributed by atoms with E-state index in [9.17, 15) is 23.4 Å². The molecular formula is C27H31N3O5S. The summed E-state index contributed by atoms with van der Waals surface area (Å²) in [5.74, 6) is -0.559. The van der Waals surface area contributed by atoms with E-state index >= 15 is 0 Å². The molecule has 5 N–H and O–H groups in total. The lowest BCUT2D eigenvalue weighted by Gasteiger charge is -2.28. The van der Waals surface area contributed by atoms with E-state index in [-0.39, 0.29) is 6.42 Å². The van der Waals surface area contributed by atoms with Crippen molar-refractivity contribution in [2.45, 2.75) is 32.4 Å². The minimum absolute atomic E-state index is 0.174. The molecule has 0 bridgehead atoms. The number of hydrogen-bond acceptors (Lipinski definition) is 6. The number of benzene rings is 3. The summed E-state index contributed by atoms with van der Waals surface area (Å²) in [6, 6.07) is 17.0. The van der Waals surface area contributed by atoms with Crippen molar-refractivity contribution in [2.75, 3.05) is 24.7 Å². The first-order valence-corrected chi connectivity index (χ1v) is 13.6. The van der Waals surface area contributed by atoms with Crippen molar-refractivity contribution in [3.8, 4) is 11.1 Å². The Hall–Kier alpha value is -3.24. The Morgan fingerprint density at radius 1 is 1.14 bits per heavy atom. The van der Waals surface area contributed by atoms with Crippen molar-refractivity contribution in [1.29, 1.82) is 0 Å². The quantitative estimate of drug-likeness (QED) is 0.369. The molecule has 0 spiro atoms. The number of anilines is 2. The summed E-state index contributed by atoms with van der Waals surface area (Å²) in [5.41, 5.74) is 13.1. The van der Waals surface area contributed by atoms with Gasteiger partial charge >= 0.3 is 0 Å². The standard InChI is InChI=1S/C27H31N3O5S/c1-17-6-8-21(29-26-5-3-4-19-15-30(36(2,34)35)11-10-24(19)26)14-25(17)23-9-7-18(27(28)33)12-20(23)13-22(32)16-31/h3-9,12,14,22,29,31-32H,10-11,13,15-16H2,1-2H3,(H2,28,33). The van der Waals surface area contributed by atoms with Gasteiger partial charge in [0, 0.05) is 36.4 Å². The zero-order valence-electron chi connectivity index (χ0n) is 20.4. The van der Waals surface area contributed by atoms with Crippen LogP contribution in [-0.4, -0.2) is 54.4 Å². The summed E-state index contributed by atoms with van der Waals surface area (Å²) >= 11 is 0. The van der Waals surface area contributed by atoms with Crippen LogP contribution in [0.2, 0.25) is 0 Å². The highest BCUT2D eigenvalue weighted by atomic mass is 32.2. The SMILES string of the molecule is Cc1ccc(Nc2cccc3c2CCN(S(C)(=O)=O)C3)cc1-c1ccc(C(N)=O)cc1CC(O)CO. The number of primary amides is 1. The predicted molar refractivity (Wildman–Crippen MR) is 141 cm³/mol. The van der Waals surface area contributed by atoms with E-state index in [0.29, 0.717) is 30.6 Å². The van der Waals surface area contributed by atoms with E-state index in [1.165, 1.54) is 10.6 Å². The largest absolute Gasteiger partial charge is 0.394 e. The van der Waals surface area contributed by atoms with Crippen LogP contribution in [0.3, 0.4) is 0 Å². The maximum atomic E-state index is 12.0. The fraction of sp³-hybridized carbons (Fsp3) is 0.296. The third-order valence-electron chi connectivity index (χ3n) is 6.56. The highest BCUT2D eigenvalue weighted by molar-refractivity contribution is 7.88. The number of fused-ring (bicyclic) bond motifs is 1. The third kappa shape index (κ3) is 5.60. The minimum Gasteiger partial charge on any atom is -0.394 e. The number of hydrogen-bond donors (Lipinski definition) is 4. The molecule has 190 valence electrons. The molecule has 1 aliphatic heterocycles. The van der Waals surface area contributed by atoms with Gasteiger partial charge in [-0.1, -0.05) is 24.3 Å². The Labute approximate surface area is 211 Å². The Bertz CT molecular complexity index is 1400. The number of nitrogens with two attached hydrogens (primary N) is 1. The van der Waals surface area contributed by atoms with Crippen molar-refractivity contribution in [3.63, 3.8) is 0 Å². The Morgan fingerprint density at radius 2 is 1.92 bits per heavy atom. The van der Waals surface area contributed by atoms with E-state index < -0.39 is 28.6 Å². The molecule has 4 rings (SSSR count). The van der Waals surface area contributed by atoms with Crippen molar-refractivity contribution in [3.05, 3.63) is 82.4 Å². The molecule has 1 heterocycles. The van der Waals surface area contributed by atoms with Gasteiger partial charge in [-0.3, -0.25) is 4.79 Å². The number of aliphatic hydroxyl groups is 2. The normalized spacial score (nSPS) is 14.8. The summed E-state index contributed by atoms with van der Waals surface area (Å²) < 4.78 is 25.5. The average Bonchev–Trinajstić information content (AvgIpc) is 2.84. The number of sulfonamides is 1. The lowest BCUT2D eigenvalue weighted by Crippen LogP contribution is -2.35. The molecular weight excluding hydrogens is 478 g/mol.